The van der Waals surface area contributed by atoms with Crippen LogP contribution in [0.3, 0.4) is 0 Å². The third kappa shape index (κ3) is 3.00. The molecular formula is C21H18N6O3. The molecule has 9 heteroatoms. The van der Waals surface area contributed by atoms with E-state index in [-0.39, 0.29) is 18.2 Å². The highest BCUT2D eigenvalue weighted by Crippen LogP contribution is 2.29. The number of hydrogen-bond donors (Lipinski definition) is 2. The number of nitrogens with one attached hydrogen (secondary N) is 1. The maximum atomic E-state index is 13.0. The smallest absolute Gasteiger partial charge is 0.255 e. The van der Waals surface area contributed by atoms with E-state index in [0.717, 1.165) is 11.1 Å². The maximum absolute atomic E-state index is 13.0. The molecule has 150 valence electrons. The van der Waals surface area contributed by atoms with E-state index in [2.05, 4.69) is 15.6 Å². The van der Waals surface area contributed by atoms with Gasteiger partial charge in [0, 0.05) is 29.8 Å². The molecule has 9 nitrogen and oxygen atoms in total. The minimum Gasteiger partial charge on any atom is -0.399 e. The number of benzene rings is 2. The minimum absolute atomic E-state index is 0.225. The average molecular weight is 402 g/mol. The number of aromatic nitrogens is 3. The number of hydrogen-bond acceptors (Lipinski definition) is 6. The third-order valence-corrected chi connectivity index (χ3v) is 5.45. The van der Waals surface area contributed by atoms with Gasteiger partial charge in [-0.3, -0.25) is 19.7 Å². The molecule has 2 aromatic carbocycles. The van der Waals surface area contributed by atoms with Gasteiger partial charge >= 0.3 is 0 Å². The lowest BCUT2D eigenvalue weighted by Crippen LogP contribution is -2.52. The SMILES string of the molecule is Nc1cccc(-c2cn(-c3ccc4c(c3)C(=O)N(C3CCC(=O)NC3=O)C4)nn2)c1. The standard InChI is InChI=1S/C21H18N6O3/c22-14-3-1-2-12(8-14)17-11-27(25-24-17)15-5-4-13-10-26(21(30)16(13)9-15)18-6-7-19(28)23-20(18)29/h1-5,8-9,11,18H,6-7,10,22H2,(H,23,28,29). The van der Waals surface area contributed by atoms with Crippen molar-refractivity contribution in [2.75, 3.05) is 5.73 Å². The molecular weight excluding hydrogens is 384 g/mol. The molecule has 3 N–H and O–H groups in total. The molecule has 1 saturated heterocycles. The summed E-state index contributed by atoms with van der Waals surface area (Å²) in [7, 11) is 0. The van der Waals surface area contributed by atoms with Crippen LogP contribution in [0.1, 0.15) is 28.8 Å². The normalized spacial score (nSPS) is 18.5. The fourth-order valence-electron chi connectivity index (χ4n) is 3.91. The Bertz CT molecular complexity index is 1200. The molecule has 1 unspecified atom stereocenters. The van der Waals surface area contributed by atoms with Crippen molar-refractivity contribution < 1.29 is 14.4 Å². The summed E-state index contributed by atoms with van der Waals surface area (Å²) in [4.78, 5) is 38.1. The second-order valence-corrected chi connectivity index (χ2v) is 7.42. The van der Waals surface area contributed by atoms with E-state index in [4.69, 9.17) is 5.73 Å². The Morgan fingerprint density at radius 1 is 1.10 bits per heavy atom. The maximum Gasteiger partial charge on any atom is 0.255 e. The van der Waals surface area contributed by atoms with Gasteiger partial charge in [-0.05, 0) is 36.2 Å². The number of carbonyl (C=O) groups excluding carboxylic acids is 3. The number of piperidine rings is 1. The number of nitrogens with two attached hydrogens (primary N) is 1. The molecule has 0 bridgehead atoms. The van der Waals surface area contributed by atoms with Crippen molar-refractivity contribution >= 4 is 23.4 Å². The first-order valence-electron chi connectivity index (χ1n) is 9.56. The first-order valence-corrected chi connectivity index (χ1v) is 9.56. The van der Waals surface area contributed by atoms with Gasteiger partial charge in [0.1, 0.15) is 11.7 Å². The molecule has 5 rings (SSSR count). The Hall–Kier alpha value is -4.01. The van der Waals surface area contributed by atoms with Gasteiger partial charge < -0.3 is 10.6 Å². The van der Waals surface area contributed by atoms with Crippen LogP contribution in [0.15, 0.2) is 48.7 Å². The first-order chi connectivity index (χ1) is 14.5. The quantitative estimate of drug-likeness (QED) is 0.502. The Kier molecular flexibility index (Phi) is 4.09. The summed E-state index contributed by atoms with van der Waals surface area (Å²) >= 11 is 0. The number of nitrogens with zero attached hydrogens (tertiary/aromatic N) is 4. The molecule has 3 heterocycles. The van der Waals surface area contributed by atoms with Crippen LogP contribution in [0.2, 0.25) is 0 Å². The second kappa shape index (κ2) is 6.80. The molecule has 0 radical (unpaired) electrons. The van der Waals surface area contributed by atoms with Gasteiger partial charge in [0.2, 0.25) is 11.8 Å². The van der Waals surface area contributed by atoms with E-state index in [1.165, 1.54) is 4.90 Å². The number of imide groups is 1. The van der Waals surface area contributed by atoms with Crippen LogP contribution in [-0.4, -0.2) is 43.7 Å². The number of fused-ring (bicyclic) bond motifs is 1. The van der Waals surface area contributed by atoms with Crippen LogP contribution in [0.4, 0.5) is 5.69 Å². The Morgan fingerprint density at radius 2 is 1.97 bits per heavy atom. The number of anilines is 1. The van der Waals surface area contributed by atoms with E-state index in [0.29, 0.717) is 35.6 Å². The van der Waals surface area contributed by atoms with Crippen molar-refractivity contribution in [3.63, 3.8) is 0 Å². The number of carbonyl (C=O) groups is 3. The van der Waals surface area contributed by atoms with Gasteiger partial charge in [-0.1, -0.05) is 23.4 Å². The Balaban J connectivity index is 1.42. The van der Waals surface area contributed by atoms with E-state index >= 15 is 0 Å². The van der Waals surface area contributed by atoms with Crippen molar-refractivity contribution in [2.24, 2.45) is 0 Å². The molecule has 0 saturated carbocycles. The largest absolute Gasteiger partial charge is 0.399 e. The van der Waals surface area contributed by atoms with E-state index in [9.17, 15) is 14.4 Å². The van der Waals surface area contributed by atoms with Gasteiger partial charge in [-0.25, -0.2) is 4.68 Å². The number of rotatable bonds is 3. The lowest BCUT2D eigenvalue weighted by atomic mass is 10.0. The lowest BCUT2D eigenvalue weighted by Gasteiger charge is -2.29. The van der Waals surface area contributed by atoms with Crippen molar-refractivity contribution in [3.8, 4) is 16.9 Å². The summed E-state index contributed by atoms with van der Waals surface area (Å²) in [6.45, 7) is 0.340. The molecule has 1 atom stereocenters. The van der Waals surface area contributed by atoms with Crippen LogP contribution >= 0.6 is 0 Å². The first kappa shape index (κ1) is 18.0. The Morgan fingerprint density at radius 3 is 2.77 bits per heavy atom. The minimum atomic E-state index is -0.632. The molecule has 3 aromatic rings. The van der Waals surface area contributed by atoms with Gasteiger partial charge in [-0.2, -0.15) is 0 Å². The second-order valence-electron chi connectivity index (χ2n) is 7.42. The zero-order valence-corrected chi connectivity index (χ0v) is 15.9. The predicted octanol–water partition coefficient (Wildman–Crippen LogP) is 1.28. The topological polar surface area (TPSA) is 123 Å². The van der Waals surface area contributed by atoms with Crippen molar-refractivity contribution in [3.05, 3.63) is 59.8 Å². The lowest BCUT2D eigenvalue weighted by molar-refractivity contribution is -0.136. The number of nitrogen functional groups attached to an aromatic ring is 1. The van der Waals surface area contributed by atoms with E-state index in [1.54, 1.807) is 23.0 Å². The molecule has 2 aliphatic heterocycles. The fraction of sp³-hybridized carbons (Fsp3) is 0.190. The van der Waals surface area contributed by atoms with Crippen LogP contribution in [0.5, 0.6) is 0 Å². The van der Waals surface area contributed by atoms with E-state index in [1.807, 2.05) is 30.3 Å². The van der Waals surface area contributed by atoms with Crippen molar-refractivity contribution in [1.29, 1.82) is 0 Å². The average Bonchev–Trinajstić information content (AvgIpc) is 3.34. The van der Waals surface area contributed by atoms with Crippen LogP contribution in [0.25, 0.3) is 16.9 Å². The van der Waals surface area contributed by atoms with Gasteiger partial charge in [-0.15, -0.1) is 5.10 Å². The Labute approximate surface area is 171 Å². The summed E-state index contributed by atoms with van der Waals surface area (Å²) in [5, 5.41) is 10.7. The molecule has 30 heavy (non-hydrogen) atoms. The van der Waals surface area contributed by atoms with Crippen LogP contribution < -0.4 is 11.1 Å². The molecule has 0 spiro atoms. The zero-order chi connectivity index (χ0) is 20.8. The fourth-order valence-corrected chi connectivity index (χ4v) is 3.91. The van der Waals surface area contributed by atoms with Crippen LogP contribution in [-0.2, 0) is 16.1 Å². The third-order valence-electron chi connectivity index (χ3n) is 5.45. The van der Waals surface area contributed by atoms with Crippen molar-refractivity contribution in [1.82, 2.24) is 25.2 Å². The number of amides is 3. The highest BCUT2D eigenvalue weighted by Gasteiger charge is 2.39. The molecule has 0 aliphatic carbocycles. The van der Waals surface area contributed by atoms with Crippen molar-refractivity contribution in [2.45, 2.75) is 25.4 Å². The summed E-state index contributed by atoms with van der Waals surface area (Å²) in [6, 6.07) is 12.2. The molecule has 1 aromatic heterocycles. The summed E-state index contributed by atoms with van der Waals surface area (Å²) < 4.78 is 1.60. The van der Waals surface area contributed by atoms with Gasteiger partial charge in [0.25, 0.3) is 5.91 Å². The zero-order valence-electron chi connectivity index (χ0n) is 15.9. The molecule has 1 fully saturated rings. The summed E-state index contributed by atoms with van der Waals surface area (Å²) in [5.41, 5.74) is 10.0. The van der Waals surface area contributed by atoms with Crippen LogP contribution in [0, 0.1) is 0 Å². The highest BCUT2D eigenvalue weighted by atomic mass is 16.2. The summed E-state index contributed by atoms with van der Waals surface area (Å²) in [6.07, 6.45) is 2.34. The highest BCUT2D eigenvalue weighted by molar-refractivity contribution is 6.05. The predicted molar refractivity (Wildman–Crippen MR) is 107 cm³/mol. The molecule has 2 aliphatic rings. The van der Waals surface area contributed by atoms with E-state index < -0.39 is 11.9 Å². The summed E-state index contributed by atoms with van der Waals surface area (Å²) in [5.74, 6) is -0.946. The van der Waals surface area contributed by atoms with Gasteiger partial charge in [0.15, 0.2) is 0 Å². The molecule has 3 amide bonds. The van der Waals surface area contributed by atoms with Gasteiger partial charge in [0.05, 0.1) is 11.9 Å². The monoisotopic (exact) mass is 402 g/mol.